The van der Waals surface area contributed by atoms with E-state index in [2.05, 4.69) is 10.6 Å². The summed E-state index contributed by atoms with van der Waals surface area (Å²) in [7, 11) is 3.95. The van der Waals surface area contributed by atoms with Crippen molar-refractivity contribution in [2.45, 2.75) is 50.1 Å². The number of nitrogens with zero attached hydrogens (tertiary/aromatic N) is 7. The predicted molar refractivity (Wildman–Crippen MR) is 255 cm³/mol. The van der Waals surface area contributed by atoms with Crippen LogP contribution >= 0.6 is 0 Å². The van der Waals surface area contributed by atoms with Gasteiger partial charge in [0.15, 0.2) is 0 Å². The van der Waals surface area contributed by atoms with E-state index in [1.54, 1.807) is 58.3 Å². The number of alkyl halides is 6. The molecule has 390 valence electrons. The van der Waals surface area contributed by atoms with Crippen LogP contribution in [-0.4, -0.2) is 114 Å². The number of nitrogens with one attached hydrogen (secondary N) is 2. The normalized spacial score (nSPS) is 17.7. The standard InChI is InChI=1S/C48H41F6N9O4.C4H6O4/c1-63(2,21-5-19-59-27-37-39(43(59)64)41(31-15-11-29(25-55)12-16-31)57-45(66)61(37)35-9-3-7-33(23-35)47(49,50)51)22-6-20-60-28-38-40(44(60)65)42(32-17-13-30(26-56)14-18-32)58-46(67)62(38)36-10-4-8-34(24-36)48(52,53)54;5-3(6)1-2-4(7)8/h3-4,7-18,23-24,41-42H,5-6,19-22,27-28H2,1-2H3,(H-,57,58,66,67);1-2H2,(H,5,6)(H,7,8)/p+1/t41-,42-;/m1./s1. The molecule has 6 amide bonds. The quantitative estimate of drug-likeness (QED) is 0.0670. The second kappa shape index (κ2) is 21.8. The van der Waals surface area contributed by atoms with Gasteiger partial charge in [-0.1, -0.05) is 36.4 Å². The van der Waals surface area contributed by atoms with Gasteiger partial charge in [-0.2, -0.15) is 36.9 Å². The van der Waals surface area contributed by atoms with Gasteiger partial charge in [0.1, 0.15) is 0 Å². The summed E-state index contributed by atoms with van der Waals surface area (Å²) in [4.78, 5) is 80.5. The molecule has 0 saturated heterocycles. The maximum absolute atomic E-state index is 14.2. The van der Waals surface area contributed by atoms with Crippen molar-refractivity contribution >= 4 is 47.2 Å². The van der Waals surface area contributed by atoms with Gasteiger partial charge < -0.3 is 35.1 Å². The second-order valence-electron chi connectivity index (χ2n) is 18.6. The SMILES string of the molecule is C[N+](C)(CCCN1CC2=C(C1=O)[C@@H](c1ccc(C#N)cc1)NC(=O)N2c1cccc(C(F)(F)F)c1)CCCN1CC2=C(C1=O)[C@@H](c1ccc(C#N)cc1)NC(=O)N2c1cccc(C(F)(F)F)c1.O=C(O)CCC(=O)O. The predicted octanol–water partition coefficient (Wildman–Crippen LogP) is 7.69. The summed E-state index contributed by atoms with van der Waals surface area (Å²) in [5, 5.41) is 40.0. The molecule has 4 heterocycles. The minimum atomic E-state index is -4.68. The van der Waals surface area contributed by atoms with E-state index in [1.165, 1.54) is 24.3 Å². The van der Waals surface area contributed by atoms with E-state index in [0.717, 1.165) is 34.1 Å². The molecular formula is C52H48F6N9O8+. The molecule has 0 unspecified atom stereocenters. The number of hydrogen-bond acceptors (Lipinski definition) is 8. The van der Waals surface area contributed by atoms with Crippen molar-refractivity contribution < 1.29 is 69.8 Å². The Morgan fingerprint density at radius 3 is 1.29 bits per heavy atom. The third kappa shape index (κ3) is 12.2. The number of anilines is 2. The van der Waals surface area contributed by atoms with E-state index in [4.69, 9.17) is 10.2 Å². The minimum Gasteiger partial charge on any atom is -0.481 e. The van der Waals surface area contributed by atoms with Crippen LogP contribution in [0.1, 0.15) is 71.1 Å². The van der Waals surface area contributed by atoms with Gasteiger partial charge in [-0.15, -0.1) is 0 Å². The Hall–Kier alpha value is -8.70. The first-order chi connectivity index (χ1) is 35.4. The van der Waals surface area contributed by atoms with Crippen molar-refractivity contribution in [2.75, 3.05) is 63.2 Å². The zero-order chi connectivity index (χ0) is 54.6. The molecule has 0 spiro atoms. The molecule has 17 nitrogen and oxygen atoms in total. The van der Waals surface area contributed by atoms with Gasteiger partial charge >= 0.3 is 36.4 Å². The molecule has 4 N–H and O–H groups in total. The van der Waals surface area contributed by atoms with E-state index < -0.39 is 71.4 Å². The second-order valence-corrected chi connectivity index (χ2v) is 18.6. The molecule has 4 aliphatic rings. The van der Waals surface area contributed by atoms with Crippen LogP contribution in [0.3, 0.4) is 0 Å². The number of carbonyl (C=O) groups is 6. The number of carbonyl (C=O) groups excluding carboxylic acids is 4. The van der Waals surface area contributed by atoms with Crippen molar-refractivity contribution in [3.63, 3.8) is 0 Å². The molecule has 8 rings (SSSR count). The van der Waals surface area contributed by atoms with Crippen LogP contribution < -0.4 is 20.4 Å². The average molecular weight is 1040 g/mol. The highest BCUT2D eigenvalue weighted by molar-refractivity contribution is 6.08. The summed E-state index contributed by atoms with van der Waals surface area (Å²) >= 11 is 0. The van der Waals surface area contributed by atoms with Crippen molar-refractivity contribution in [3.05, 3.63) is 153 Å². The fraction of sp³-hybridized carbons (Fsp3) is 0.308. The van der Waals surface area contributed by atoms with Crippen LogP contribution in [0.15, 0.2) is 120 Å². The van der Waals surface area contributed by atoms with Crippen LogP contribution in [0.4, 0.5) is 47.3 Å². The fourth-order valence-corrected chi connectivity index (χ4v) is 9.25. The molecule has 4 aromatic carbocycles. The molecule has 0 bridgehead atoms. The lowest BCUT2D eigenvalue weighted by atomic mass is 9.94. The summed E-state index contributed by atoms with van der Waals surface area (Å²) in [6.07, 6.45) is -8.99. The third-order valence-electron chi connectivity index (χ3n) is 12.9. The maximum Gasteiger partial charge on any atom is 0.416 e. The molecule has 0 fully saturated rings. The lowest BCUT2D eigenvalue weighted by Crippen LogP contribution is -2.47. The Kier molecular flexibility index (Phi) is 15.7. The first-order valence-electron chi connectivity index (χ1n) is 23.3. The van der Waals surface area contributed by atoms with Crippen molar-refractivity contribution in [1.82, 2.24) is 20.4 Å². The summed E-state index contributed by atoms with van der Waals surface area (Å²) < 4.78 is 83.1. The molecule has 75 heavy (non-hydrogen) atoms. The van der Waals surface area contributed by atoms with Gasteiger partial charge in [-0.3, -0.25) is 29.0 Å². The zero-order valence-corrected chi connectivity index (χ0v) is 40.2. The van der Waals surface area contributed by atoms with Gasteiger partial charge in [0.25, 0.3) is 11.8 Å². The maximum atomic E-state index is 14.2. The summed E-state index contributed by atoms with van der Waals surface area (Å²) in [5.74, 6) is -2.95. The Bertz CT molecular complexity index is 2870. The van der Waals surface area contributed by atoms with Gasteiger partial charge in [0.05, 0.1) is 134 Å². The number of hydrogen-bond donors (Lipinski definition) is 4. The largest absolute Gasteiger partial charge is 0.481 e. The summed E-state index contributed by atoms with van der Waals surface area (Å²) in [5.41, 5.74) is 0.587. The van der Waals surface area contributed by atoms with E-state index >= 15 is 0 Å². The number of rotatable bonds is 15. The molecule has 4 aromatic rings. The number of carboxylic acid groups (broad SMARTS) is 2. The smallest absolute Gasteiger partial charge is 0.416 e. The van der Waals surface area contributed by atoms with E-state index in [9.17, 15) is 65.6 Å². The number of halogens is 6. The van der Waals surface area contributed by atoms with Gasteiger partial charge in [0, 0.05) is 25.9 Å². The summed E-state index contributed by atoms with van der Waals surface area (Å²) in [6, 6.07) is 22.0. The van der Waals surface area contributed by atoms with Gasteiger partial charge in [-0.05, 0) is 71.8 Å². The summed E-state index contributed by atoms with van der Waals surface area (Å²) in [6.45, 7) is 1.47. The highest BCUT2D eigenvalue weighted by Crippen LogP contribution is 2.42. The molecule has 0 radical (unpaired) electrons. The highest BCUT2D eigenvalue weighted by Gasteiger charge is 2.47. The monoisotopic (exact) mass is 1040 g/mol. The van der Waals surface area contributed by atoms with E-state index in [0.29, 0.717) is 52.7 Å². The number of carboxylic acids is 2. The molecule has 0 saturated carbocycles. The zero-order valence-electron chi connectivity index (χ0n) is 40.2. The van der Waals surface area contributed by atoms with Gasteiger partial charge in [0.2, 0.25) is 0 Å². The van der Waals surface area contributed by atoms with Crippen molar-refractivity contribution in [2.24, 2.45) is 0 Å². The Balaban J connectivity index is 0.000000947. The van der Waals surface area contributed by atoms with Crippen LogP contribution in [0.2, 0.25) is 0 Å². The first-order valence-corrected chi connectivity index (χ1v) is 23.3. The number of aliphatic carboxylic acids is 2. The lowest BCUT2D eigenvalue weighted by molar-refractivity contribution is -0.890. The van der Waals surface area contributed by atoms with Gasteiger partial charge in [-0.25, -0.2) is 9.59 Å². The van der Waals surface area contributed by atoms with Crippen LogP contribution in [0.25, 0.3) is 0 Å². The van der Waals surface area contributed by atoms with Crippen molar-refractivity contribution in [3.8, 4) is 12.1 Å². The van der Waals surface area contributed by atoms with Crippen LogP contribution in [0.5, 0.6) is 0 Å². The average Bonchev–Trinajstić information content (AvgIpc) is 3.86. The molecule has 0 aliphatic carbocycles. The number of amides is 6. The van der Waals surface area contributed by atoms with Crippen LogP contribution in [0, 0.1) is 22.7 Å². The molecule has 2 atom stereocenters. The Morgan fingerprint density at radius 2 is 0.973 bits per heavy atom. The molecule has 23 heteroatoms. The molecule has 4 aliphatic heterocycles. The highest BCUT2D eigenvalue weighted by atomic mass is 19.4. The van der Waals surface area contributed by atoms with Crippen molar-refractivity contribution in [1.29, 1.82) is 10.5 Å². The lowest BCUT2D eigenvalue weighted by Gasteiger charge is -2.34. The Morgan fingerprint density at radius 1 is 0.613 bits per heavy atom. The number of benzene rings is 4. The van der Waals surface area contributed by atoms with E-state index in [-0.39, 0.29) is 72.9 Å². The first kappa shape index (κ1) is 54.1. The fourth-order valence-electron chi connectivity index (χ4n) is 9.25. The number of quaternary nitrogens is 1. The number of nitriles is 2. The van der Waals surface area contributed by atoms with E-state index in [1.807, 2.05) is 26.2 Å². The molecular weight excluding hydrogens is 993 g/mol. The minimum absolute atomic E-state index is 0.0505. The third-order valence-corrected chi connectivity index (χ3v) is 12.9. The topological polar surface area (TPSA) is 227 Å². The number of urea groups is 2. The van der Waals surface area contributed by atoms with Crippen LogP contribution in [-0.2, 0) is 31.5 Å². The Labute approximate surface area is 425 Å². The molecule has 0 aromatic heterocycles.